The Morgan fingerprint density at radius 2 is 1.88 bits per heavy atom. The van der Waals surface area contributed by atoms with E-state index < -0.39 is 0 Å². The summed E-state index contributed by atoms with van der Waals surface area (Å²) in [6.45, 7) is 1.73. The minimum atomic E-state index is -0.330. The zero-order valence-electron chi connectivity index (χ0n) is 14.3. The van der Waals surface area contributed by atoms with Crippen LogP contribution in [0.4, 0.5) is 0 Å². The summed E-state index contributed by atoms with van der Waals surface area (Å²) < 4.78 is 10.5. The van der Waals surface area contributed by atoms with E-state index in [-0.39, 0.29) is 12.5 Å². The highest BCUT2D eigenvalue weighted by atomic mass is 35.5. The maximum atomic E-state index is 11.8. The van der Waals surface area contributed by atoms with Gasteiger partial charge in [0.15, 0.2) is 6.61 Å². The van der Waals surface area contributed by atoms with Gasteiger partial charge in [0.2, 0.25) is 0 Å². The standard InChI is InChI=1S/C19H21ClN2O3/c1-14(7-8-15-9-11-16(24-2)12-10-15)21-22-19(23)13-25-18-6-4-3-5-17(18)20/h3-6,9-12H,7-8,13H2,1-2H3,(H,22,23)/b21-14-. The number of para-hydroxylation sites is 1. The van der Waals surface area contributed by atoms with Gasteiger partial charge in [-0.1, -0.05) is 35.9 Å². The molecule has 5 nitrogen and oxygen atoms in total. The number of amides is 1. The molecule has 0 saturated carbocycles. The lowest BCUT2D eigenvalue weighted by atomic mass is 10.1. The van der Waals surface area contributed by atoms with Crippen molar-refractivity contribution >= 4 is 23.2 Å². The highest BCUT2D eigenvalue weighted by Gasteiger charge is 2.05. The first-order valence-corrected chi connectivity index (χ1v) is 8.28. The number of aryl methyl sites for hydroxylation is 1. The molecular formula is C19H21ClN2O3. The molecule has 0 saturated heterocycles. The second-order valence-electron chi connectivity index (χ2n) is 5.45. The van der Waals surface area contributed by atoms with Crippen LogP contribution >= 0.6 is 11.6 Å². The van der Waals surface area contributed by atoms with Crippen LogP contribution in [0, 0.1) is 0 Å². The molecule has 132 valence electrons. The van der Waals surface area contributed by atoms with Crippen LogP contribution in [0.2, 0.25) is 5.02 Å². The molecule has 1 amide bonds. The molecule has 0 fully saturated rings. The Balaban J connectivity index is 1.74. The smallest absolute Gasteiger partial charge is 0.277 e. The van der Waals surface area contributed by atoms with Crippen LogP contribution in [0.5, 0.6) is 11.5 Å². The summed E-state index contributed by atoms with van der Waals surface area (Å²) in [7, 11) is 1.64. The van der Waals surface area contributed by atoms with E-state index in [0.29, 0.717) is 10.8 Å². The van der Waals surface area contributed by atoms with Crippen LogP contribution in [0.1, 0.15) is 18.9 Å². The van der Waals surface area contributed by atoms with E-state index in [1.54, 1.807) is 31.4 Å². The first-order valence-electron chi connectivity index (χ1n) is 7.90. The molecule has 0 aliphatic rings. The molecule has 0 aliphatic heterocycles. The van der Waals surface area contributed by atoms with Gasteiger partial charge in [-0.05, 0) is 49.6 Å². The number of hydrogen-bond acceptors (Lipinski definition) is 4. The number of benzene rings is 2. The number of nitrogens with zero attached hydrogens (tertiary/aromatic N) is 1. The lowest BCUT2D eigenvalue weighted by molar-refractivity contribution is -0.123. The zero-order valence-corrected chi connectivity index (χ0v) is 15.0. The minimum absolute atomic E-state index is 0.140. The Bertz CT molecular complexity index is 730. The highest BCUT2D eigenvalue weighted by molar-refractivity contribution is 6.32. The first kappa shape index (κ1) is 18.8. The van der Waals surface area contributed by atoms with E-state index in [0.717, 1.165) is 24.3 Å². The number of carbonyl (C=O) groups excluding carboxylic acids is 1. The Morgan fingerprint density at radius 1 is 1.16 bits per heavy atom. The van der Waals surface area contributed by atoms with Gasteiger partial charge in [-0.3, -0.25) is 4.79 Å². The normalized spacial score (nSPS) is 11.1. The fraction of sp³-hybridized carbons (Fsp3) is 0.263. The highest BCUT2D eigenvalue weighted by Crippen LogP contribution is 2.22. The monoisotopic (exact) mass is 360 g/mol. The molecule has 0 bridgehead atoms. The molecule has 0 heterocycles. The van der Waals surface area contributed by atoms with Crippen LogP contribution in [-0.2, 0) is 11.2 Å². The molecule has 6 heteroatoms. The van der Waals surface area contributed by atoms with E-state index in [1.807, 2.05) is 31.2 Å². The van der Waals surface area contributed by atoms with E-state index >= 15 is 0 Å². The molecular weight excluding hydrogens is 340 g/mol. The molecule has 25 heavy (non-hydrogen) atoms. The van der Waals surface area contributed by atoms with E-state index in [4.69, 9.17) is 21.1 Å². The van der Waals surface area contributed by atoms with Crippen LogP contribution in [-0.4, -0.2) is 25.3 Å². The summed E-state index contributed by atoms with van der Waals surface area (Å²) in [5, 5.41) is 4.55. The van der Waals surface area contributed by atoms with Gasteiger partial charge in [-0.2, -0.15) is 5.10 Å². The van der Waals surface area contributed by atoms with Crippen molar-refractivity contribution in [2.45, 2.75) is 19.8 Å². The molecule has 0 unspecified atom stereocenters. The van der Waals surface area contributed by atoms with Gasteiger partial charge in [0, 0.05) is 5.71 Å². The molecule has 0 spiro atoms. The maximum absolute atomic E-state index is 11.8. The summed E-state index contributed by atoms with van der Waals surface area (Å²) in [6.07, 6.45) is 1.59. The largest absolute Gasteiger partial charge is 0.497 e. The van der Waals surface area contributed by atoms with Crippen molar-refractivity contribution in [1.29, 1.82) is 0 Å². The average Bonchev–Trinajstić information content (AvgIpc) is 2.64. The van der Waals surface area contributed by atoms with Crippen molar-refractivity contribution in [2.75, 3.05) is 13.7 Å². The second kappa shape index (κ2) is 9.69. The van der Waals surface area contributed by atoms with E-state index in [1.165, 1.54) is 5.56 Å². The summed E-state index contributed by atoms with van der Waals surface area (Å²) in [5.74, 6) is 0.975. The molecule has 2 rings (SSSR count). The van der Waals surface area contributed by atoms with Gasteiger partial charge in [0.05, 0.1) is 12.1 Å². The average molecular weight is 361 g/mol. The molecule has 1 N–H and O–H groups in total. The van der Waals surface area contributed by atoms with E-state index in [9.17, 15) is 4.79 Å². The predicted molar refractivity (Wildman–Crippen MR) is 99.5 cm³/mol. The summed E-state index contributed by atoms with van der Waals surface area (Å²) >= 11 is 5.96. The van der Waals surface area contributed by atoms with Crippen molar-refractivity contribution in [3.05, 3.63) is 59.1 Å². The fourth-order valence-electron chi connectivity index (χ4n) is 2.07. The van der Waals surface area contributed by atoms with Crippen molar-refractivity contribution < 1.29 is 14.3 Å². The molecule has 0 aliphatic carbocycles. The van der Waals surface area contributed by atoms with Gasteiger partial charge in [-0.25, -0.2) is 5.43 Å². The first-order chi connectivity index (χ1) is 12.1. The molecule has 2 aromatic carbocycles. The summed E-state index contributed by atoms with van der Waals surface area (Å²) in [6, 6.07) is 14.9. The third kappa shape index (κ3) is 6.47. The van der Waals surface area contributed by atoms with Gasteiger partial charge >= 0.3 is 0 Å². The number of nitrogens with one attached hydrogen (secondary N) is 1. The van der Waals surface area contributed by atoms with Crippen molar-refractivity contribution in [1.82, 2.24) is 5.43 Å². The number of hydrogen-bond donors (Lipinski definition) is 1. The molecule has 2 aromatic rings. The molecule has 0 radical (unpaired) electrons. The topological polar surface area (TPSA) is 59.9 Å². The third-order valence-electron chi connectivity index (χ3n) is 3.50. The zero-order chi connectivity index (χ0) is 18.1. The maximum Gasteiger partial charge on any atom is 0.277 e. The summed E-state index contributed by atoms with van der Waals surface area (Å²) in [5.41, 5.74) is 4.51. The Labute approximate surface area is 152 Å². The Hall–Kier alpha value is -2.53. The van der Waals surface area contributed by atoms with Crippen molar-refractivity contribution in [3.8, 4) is 11.5 Å². The van der Waals surface area contributed by atoms with Gasteiger partial charge in [-0.15, -0.1) is 0 Å². The number of halogens is 1. The van der Waals surface area contributed by atoms with E-state index in [2.05, 4.69) is 10.5 Å². The molecule has 0 atom stereocenters. The van der Waals surface area contributed by atoms with Crippen LogP contribution in [0.25, 0.3) is 0 Å². The lowest BCUT2D eigenvalue weighted by Gasteiger charge is -2.07. The Morgan fingerprint density at radius 3 is 2.56 bits per heavy atom. The number of ether oxygens (including phenoxy) is 2. The third-order valence-corrected chi connectivity index (χ3v) is 3.81. The number of carbonyl (C=O) groups is 1. The summed E-state index contributed by atoms with van der Waals surface area (Å²) in [4.78, 5) is 11.8. The second-order valence-corrected chi connectivity index (χ2v) is 5.86. The number of methoxy groups -OCH3 is 1. The van der Waals surface area contributed by atoms with Crippen molar-refractivity contribution in [3.63, 3.8) is 0 Å². The SMILES string of the molecule is COc1ccc(CC/C(C)=N\NC(=O)COc2ccccc2Cl)cc1. The van der Waals surface area contributed by atoms with Crippen LogP contribution < -0.4 is 14.9 Å². The number of rotatable bonds is 8. The number of hydrazone groups is 1. The van der Waals surface area contributed by atoms with Gasteiger partial charge in [0.25, 0.3) is 5.91 Å². The van der Waals surface area contributed by atoms with Crippen molar-refractivity contribution in [2.24, 2.45) is 5.10 Å². The van der Waals surface area contributed by atoms with Crippen LogP contribution in [0.15, 0.2) is 53.6 Å². The van der Waals surface area contributed by atoms with Gasteiger partial charge in [0.1, 0.15) is 11.5 Å². The minimum Gasteiger partial charge on any atom is -0.497 e. The van der Waals surface area contributed by atoms with Crippen LogP contribution in [0.3, 0.4) is 0 Å². The lowest BCUT2D eigenvalue weighted by Crippen LogP contribution is -2.25. The predicted octanol–water partition coefficient (Wildman–Crippen LogP) is 3.85. The van der Waals surface area contributed by atoms with Gasteiger partial charge < -0.3 is 9.47 Å². The Kier molecular flexibility index (Phi) is 7.29. The fourth-order valence-corrected chi connectivity index (χ4v) is 2.26. The quantitative estimate of drug-likeness (QED) is 0.574. The molecule has 0 aromatic heterocycles.